The molecule has 4 nitrogen and oxygen atoms in total. The van der Waals surface area contributed by atoms with Gasteiger partial charge in [-0.2, -0.15) is 0 Å². The number of hydrogen-bond donors (Lipinski definition) is 1. The van der Waals surface area contributed by atoms with E-state index in [1.165, 1.54) is 0 Å². The molecule has 0 bridgehead atoms. The van der Waals surface area contributed by atoms with Crippen molar-refractivity contribution in [2.45, 2.75) is 6.54 Å². The van der Waals surface area contributed by atoms with Gasteiger partial charge in [0.1, 0.15) is 5.69 Å². The number of nitrogens with zero attached hydrogens (tertiary/aromatic N) is 1. The van der Waals surface area contributed by atoms with E-state index in [2.05, 4.69) is 21.2 Å². The number of amides is 1. The second-order valence-corrected chi connectivity index (χ2v) is 5.39. The number of carbonyl (C=O) groups is 1. The predicted octanol–water partition coefficient (Wildman–Crippen LogP) is 3.46. The highest BCUT2D eigenvalue weighted by Gasteiger charge is 2.14. The first-order valence-corrected chi connectivity index (χ1v) is 7.00. The summed E-state index contributed by atoms with van der Waals surface area (Å²) in [6.45, 7) is 0.479. The SMILES string of the molecule is Cn1c(C(=O)NCc2ccccc2Br)cc2occc21. The molecule has 0 radical (unpaired) electrons. The van der Waals surface area contributed by atoms with Gasteiger partial charge in [0.15, 0.2) is 5.58 Å². The predicted molar refractivity (Wildman–Crippen MR) is 80.5 cm³/mol. The van der Waals surface area contributed by atoms with E-state index in [-0.39, 0.29) is 5.91 Å². The summed E-state index contributed by atoms with van der Waals surface area (Å²) in [5.74, 6) is -0.116. The summed E-state index contributed by atoms with van der Waals surface area (Å²) in [5, 5.41) is 2.92. The first-order valence-electron chi connectivity index (χ1n) is 6.21. The Kier molecular flexibility index (Phi) is 3.36. The maximum atomic E-state index is 12.2. The third-order valence-corrected chi connectivity index (χ3v) is 4.07. The number of fused-ring (bicyclic) bond motifs is 1. The highest BCUT2D eigenvalue weighted by molar-refractivity contribution is 9.10. The zero-order valence-electron chi connectivity index (χ0n) is 10.9. The quantitative estimate of drug-likeness (QED) is 0.798. The maximum absolute atomic E-state index is 12.2. The Hall–Kier alpha value is -2.01. The van der Waals surface area contributed by atoms with Gasteiger partial charge in [0.2, 0.25) is 0 Å². The lowest BCUT2D eigenvalue weighted by Gasteiger charge is -2.07. The van der Waals surface area contributed by atoms with Crippen molar-refractivity contribution in [3.05, 3.63) is 58.4 Å². The molecular formula is C15H13BrN2O2. The molecule has 3 rings (SSSR count). The highest BCUT2D eigenvalue weighted by Crippen LogP contribution is 2.20. The normalized spacial score (nSPS) is 10.9. The molecule has 0 spiro atoms. The minimum absolute atomic E-state index is 0.116. The van der Waals surface area contributed by atoms with Gasteiger partial charge < -0.3 is 14.3 Å². The van der Waals surface area contributed by atoms with E-state index in [1.54, 1.807) is 12.3 Å². The fraction of sp³-hybridized carbons (Fsp3) is 0.133. The monoisotopic (exact) mass is 332 g/mol. The van der Waals surface area contributed by atoms with Crippen molar-refractivity contribution in [3.63, 3.8) is 0 Å². The van der Waals surface area contributed by atoms with Crippen molar-refractivity contribution in [1.29, 1.82) is 0 Å². The Morgan fingerprint density at radius 2 is 2.15 bits per heavy atom. The maximum Gasteiger partial charge on any atom is 0.268 e. The van der Waals surface area contributed by atoms with Crippen LogP contribution in [0.25, 0.3) is 11.1 Å². The van der Waals surface area contributed by atoms with Crippen LogP contribution < -0.4 is 5.32 Å². The Morgan fingerprint density at radius 3 is 2.90 bits per heavy atom. The van der Waals surface area contributed by atoms with E-state index in [0.717, 1.165) is 21.1 Å². The molecule has 0 unspecified atom stereocenters. The Morgan fingerprint density at radius 1 is 1.35 bits per heavy atom. The summed E-state index contributed by atoms with van der Waals surface area (Å²) >= 11 is 3.47. The third-order valence-electron chi connectivity index (χ3n) is 3.29. The second-order valence-electron chi connectivity index (χ2n) is 4.53. The van der Waals surface area contributed by atoms with Crippen molar-refractivity contribution >= 4 is 32.9 Å². The fourth-order valence-electron chi connectivity index (χ4n) is 2.18. The summed E-state index contributed by atoms with van der Waals surface area (Å²) in [6.07, 6.45) is 1.62. The van der Waals surface area contributed by atoms with E-state index in [0.29, 0.717) is 12.2 Å². The van der Waals surface area contributed by atoms with Gasteiger partial charge in [-0.15, -0.1) is 0 Å². The van der Waals surface area contributed by atoms with Gasteiger partial charge in [0.25, 0.3) is 5.91 Å². The molecule has 0 saturated heterocycles. The molecule has 0 atom stereocenters. The number of benzene rings is 1. The number of aromatic nitrogens is 1. The van der Waals surface area contributed by atoms with Crippen molar-refractivity contribution in [2.24, 2.45) is 7.05 Å². The molecule has 2 heterocycles. The molecule has 1 N–H and O–H groups in total. The van der Waals surface area contributed by atoms with Crippen LogP contribution in [-0.2, 0) is 13.6 Å². The summed E-state index contributed by atoms with van der Waals surface area (Å²) in [4.78, 5) is 12.2. The summed E-state index contributed by atoms with van der Waals surface area (Å²) in [5.41, 5.74) is 3.26. The summed E-state index contributed by atoms with van der Waals surface area (Å²) < 4.78 is 8.12. The Balaban J connectivity index is 1.78. The van der Waals surface area contributed by atoms with Crippen molar-refractivity contribution < 1.29 is 9.21 Å². The van der Waals surface area contributed by atoms with Gasteiger partial charge in [-0.3, -0.25) is 4.79 Å². The molecule has 0 aliphatic heterocycles. The number of aryl methyl sites for hydroxylation is 1. The van der Waals surface area contributed by atoms with E-state index >= 15 is 0 Å². The van der Waals surface area contributed by atoms with E-state index in [9.17, 15) is 4.79 Å². The Labute approximate surface area is 124 Å². The van der Waals surface area contributed by atoms with Gasteiger partial charge >= 0.3 is 0 Å². The molecule has 1 amide bonds. The number of carbonyl (C=O) groups excluding carboxylic acids is 1. The van der Waals surface area contributed by atoms with Crippen molar-refractivity contribution in [1.82, 2.24) is 9.88 Å². The first kappa shape index (κ1) is 13.0. The molecule has 1 aromatic carbocycles. The lowest BCUT2D eigenvalue weighted by Crippen LogP contribution is -2.25. The first-order chi connectivity index (χ1) is 9.66. The van der Waals surface area contributed by atoms with Gasteiger partial charge in [-0.25, -0.2) is 0 Å². The molecule has 2 aromatic heterocycles. The fourth-order valence-corrected chi connectivity index (χ4v) is 2.60. The van der Waals surface area contributed by atoms with Crippen molar-refractivity contribution in [2.75, 3.05) is 0 Å². The van der Waals surface area contributed by atoms with E-state index in [1.807, 2.05) is 41.9 Å². The van der Waals surface area contributed by atoms with Crippen LogP contribution in [0.15, 0.2) is 51.6 Å². The van der Waals surface area contributed by atoms with Crippen LogP contribution in [0.5, 0.6) is 0 Å². The number of rotatable bonds is 3. The largest absolute Gasteiger partial charge is 0.463 e. The molecule has 0 saturated carbocycles. The van der Waals surface area contributed by atoms with Crippen LogP contribution in [0.1, 0.15) is 16.1 Å². The van der Waals surface area contributed by atoms with Crippen LogP contribution in [0.4, 0.5) is 0 Å². The van der Waals surface area contributed by atoms with E-state index < -0.39 is 0 Å². The molecule has 20 heavy (non-hydrogen) atoms. The molecular weight excluding hydrogens is 320 g/mol. The highest BCUT2D eigenvalue weighted by atomic mass is 79.9. The average molecular weight is 333 g/mol. The lowest BCUT2D eigenvalue weighted by atomic mass is 10.2. The minimum Gasteiger partial charge on any atom is -0.463 e. The molecule has 0 fully saturated rings. The molecule has 0 aliphatic rings. The number of halogens is 1. The average Bonchev–Trinajstić information content (AvgIpc) is 3.01. The smallest absolute Gasteiger partial charge is 0.268 e. The second kappa shape index (κ2) is 5.17. The van der Waals surface area contributed by atoms with Gasteiger partial charge in [0, 0.05) is 30.2 Å². The minimum atomic E-state index is -0.116. The third kappa shape index (κ3) is 2.25. The van der Waals surface area contributed by atoms with Gasteiger partial charge in [0.05, 0.1) is 11.8 Å². The zero-order valence-corrected chi connectivity index (χ0v) is 12.5. The number of furan rings is 1. The molecule has 0 aliphatic carbocycles. The number of nitrogens with one attached hydrogen (secondary N) is 1. The lowest BCUT2D eigenvalue weighted by molar-refractivity contribution is 0.0943. The molecule has 102 valence electrons. The standard InChI is InChI=1S/C15H13BrN2O2/c1-18-12-6-7-20-14(12)8-13(18)15(19)17-9-10-4-2-3-5-11(10)16/h2-8H,9H2,1H3,(H,17,19). The Bertz CT molecular complexity index is 773. The van der Waals surface area contributed by atoms with Crippen LogP contribution in [0.2, 0.25) is 0 Å². The molecule has 3 aromatic rings. The topological polar surface area (TPSA) is 47.2 Å². The van der Waals surface area contributed by atoms with Gasteiger partial charge in [-0.05, 0) is 11.6 Å². The van der Waals surface area contributed by atoms with Gasteiger partial charge in [-0.1, -0.05) is 34.1 Å². The molecule has 5 heteroatoms. The van der Waals surface area contributed by atoms with Crippen LogP contribution in [-0.4, -0.2) is 10.5 Å². The van der Waals surface area contributed by atoms with Crippen molar-refractivity contribution in [3.8, 4) is 0 Å². The van der Waals surface area contributed by atoms with E-state index in [4.69, 9.17) is 4.42 Å². The summed E-state index contributed by atoms with van der Waals surface area (Å²) in [7, 11) is 1.85. The zero-order chi connectivity index (χ0) is 14.1. The van der Waals surface area contributed by atoms with Crippen LogP contribution in [0, 0.1) is 0 Å². The number of hydrogen-bond acceptors (Lipinski definition) is 2. The summed E-state index contributed by atoms with van der Waals surface area (Å²) in [6, 6.07) is 11.4. The van der Waals surface area contributed by atoms with Crippen LogP contribution in [0.3, 0.4) is 0 Å². The van der Waals surface area contributed by atoms with Crippen LogP contribution >= 0.6 is 15.9 Å².